The van der Waals surface area contributed by atoms with Crippen molar-refractivity contribution in [3.63, 3.8) is 0 Å². The molecule has 0 aliphatic rings. The van der Waals surface area contributed by atoms with Gasteiger partial charge in [0.1, 0.15) is 18.1 Å². The molecule has 0 bridgehead atoms. The molecule has 0 spiro atoms. The summed E-state index contributed by atoms with van der Waals surface area (Å²) < 4.78 is 0. The maximum atomic E-state index is 12.7. The van der Waals surface area contributed by atoms with Crippen molar-refractivity contribution in [3.05, 3.63) is 0 Å². The van der Waals surface area contributed by atoms with E-state index in [9.17, 15) is 24.3 Å². The van der Waals surface area contributed by atoms with Crippen molar-refractivity contribution in [2.24, 2.45) is 17.4 Å². The van der Waals surface area contributed by atoms with E-state index in [-0.39, 0.29) is 24.5 Å². The minimum atomic E-state index is -1.14. The maximum Gasteiger partial charge on any atom is 0.326 e. The van der Waals surface area contributed by atoms with Gasteiger partial charge in [-0.25, -0.2) is 4.79 Å². The van der Waals surface area contributed by atoms with Gasteiger partial charge < -0.3 is 32.5 Å². The molecular formula is C18H35N5O5S. The molecule has 8 N–H and O–H groups in total. The molecule has 0 saturated carbocycles. The summed E-state index contributed by atoms with van der Waals surface area (Å²) in [4.78, 5) is 48.4. The Balaban J connectivity index is 5.22. The minimum Gasteiger partial charge on any atom is -0.480 e. The third-order valence-electron chi connectivity index (χ3n) is 4.13. The number of aliphatic carboxylic acids is 1. The summed E-state index contributed by atoms with van der Waals surface area (Å²) in [5.41, 5.74) is 11.0. The van der Waals surface area contributed by atoms with Gasteiger partial charge >= 0.3 is 5.97 Å². The number of nitrogens with one attached hydrogen (secondary N) is 3. The van der Waals surface area contributed by atoms with Crippen molar-refractivity contribution >= 4 is 36.3 Å². The predicted molar refractivity (Wildman–Crippen MR) is 113 cm³/mol. The van der Waals surface area contributed by atoms with Crippen molar-refractivity contribution < 1.29 is 24.3 Å². The number of rotatable bonds is 14. The smallest absolute Gasteiger partial charge is 0.326 e. The number of carboxylic acid groups (broad SMARTS) is 1. The Morgan fingerprint density at radius 1 is 0.897 bits per heavy atom. The lowest BCUT2D eigenvalue weighted by Gasteiger charge is -2.24. The Labute approximate surface area is 177 Å². The van der Waals surface area contributed by atoms with Gasteiger partial charge in [0.2, 0.25) is 17.7 Å². The molecule has 0 aromatic heterocycles. The van der Waals surface area contributed by atoms with Gasteiger partial charge in [-0.1, -0.05) is 13.8 Å². The second kappa shape index (κ2) is 14.2. The Kier molecular flexibility index (Phi) is 13.3. The number of unbranched alkanes of at least 4 members (excludes halogenated alkanes) is 1. The van der Waals surface area contributed by atoms with E-state index in [1.807, 2.05) is 13.8 Å². The summed E-state index contributed by atoms with van der Waals surface area (Å²) in [6.07, 6.45) is 1.75. The molecule has 0 aliphatic carbocycles. The quantitative estimate of drug-likeness (QED) is 0.135. The lowest BCUT2D eigenvalue weighted by molar-refractivity contribution is -0.142. The molecule has 0 aliphatic heterocycles. The number of carboxylic acids is 1. The van der Waals surface area contributed by atoms with Gasteiger partial charge in [0.05, 0.1) is 6.04 Å². The number of nitrogens with two attached hydrogens (primary N) is 2. The first-order chi connectivity index (χ1) is 13.5. The van der Waals surface area contributed by atoms with Crippen LogP contribution in [-0.4, -0.2) is 65.3 Å². The molecule has 10 nitrogen and oxygen atoms in total. The van der Waals surface area contributed by atoms with Crippen LogP contribution in [0.15, 0.2) is 0 Å². The third-order valence-corrected chi connectivity index (χ3v) is 4.50. The van der Waals surface area contributed by atoms with E-state index in [1.165, 1.54) is 6.92 Å². The highest BCUT2D eigenvalue weighted by molar-refractivity contribution is 7.80. The summed E-state index contributed by atoms with van der Waals surface area (Å²) in [5, 5.41) is 16.9. The number of hydrogen-bond acceptors (Lipinski definition) is 7. The summed E-state index contributed by atoms with van der Waals surface area (Å²) in [7, 11) is 0. The van der Waals surface area contributed by atoms with E-state index in [2.05, 4.69) is 28.6 Å². The molecule has 4 atom stereocenters. The number of amides is 3. The Morgan fingerprint density at radius 3 is 1.86 bits per heavy atom. The van der Waals surface area contributed by atoms with Crippen molar-refractivity contribution in [1.29, 1.82) is 0 Å². The van der Waals surface area contributed by atoms with Gasteiger partial charge in [-0.2, -0.15) is 12.6 Å². The van der Waals surface area contributed by atoms with Crippen LogP contribution in [0.2, 0.25) is 0 Å². The van der Waals surface area contributed by atoms with Gasteiger partial charge in [-0.05, 0) is 45.1 Å². The zero-order chi connectivity index (χ0) is 22.6. The zero-order valence-corrected chi connectivity index (χ0v) is 18.2. The molecule has 29 heavy (non-hydrogen) atoms. The first kappa shape index (κ1) is 27.1. The second-order valence-electron chi connectivity index (χ2n) is 7.41. The highest BCUT2D eigenvalue weighted by Gasteiger charge is 2.29. The highest BCUT2D eigenvalue weighted by Crippen LogP contribution is 2.08. The molecule has 0 aromatic rings. The summed E-state index contributed by atoms with van der Waals surface area (Å²) in [5.74, 6) is -2.80. The first-order valence-electron chi connectivity index (χ1n) is 9.73. The number of thiol groups is 1. The van der Waals surface area contributed by atoms with Gasteiger partial charge in [-0.15, -0.1) is 0 Å². The monoisotopic (exact) mass is 433 g/mol. The molecule has 0 aromatic carbocycles. The van der Waals surface area contributed by atoms with Crippen LogP contribution in [0.4, 0.5) is 0 Å². The van der Waals surface area contributed by atoms with Crippen LogP contribution >= 0.6 is 12.6 Å². The molecule has 168 valence electrons. The van der Waals surface area contributed by atoms with E-state index in [0.29, 0.717) is 19.4 Å². The van der Waals surface area contributed by atoms with E-state index in [4.69, 9.17) is 11.5 Å². The van der Waals surface area contributed by atoms with Crippen LogP contribution in [-0.2, 0) is 19.2 Å². The molecule has 0 radical (unpaired) electrons. The van der Waals surface area contributed by atoms with Crippen LogP contribution < -0.4 is 27.4 Å². The van der Waals surface area contributed by atoms with Gasteiger partial charge in [0, 0.05) is 5.75 Å². The standard InChI is InChI=1S/C18H35N5O5S/c1-10(2)8-13(18(27)28)22-16(25)12(6-4-5-7-19)21-17(26)14(9-29)23-15(24)11(3)20/h10-14,29H,4-9,19-20H2,1-3H3,(H,21,26)(H,22,25)(H,23,24)(H,27,28). The molecule has 0 saturated heterocycles. The molecule has 0 heterocycles. The van der Waals surface area contributed by atoms with Crippen LogP contribution in [0.1, 0.15) is 46.5 Å². The largest absolute Gasteiger partial charge is 0.480 e. The summed E-state index contributed by atoms with van der Waals surface area (Å²) in [6, 6.07) is -3.80. The van der Waals surface area contributed by atoms with E-state index < -0.39 is 47.9 Å². The van der Waals surface area contributed by atoms with E-state index in [0.717, 1.165) is 0 Å². The van der Waals surface area contributed by atoms with Gasteiger partial charge in [0.15, 0.2) is 0 Å². The zero-order valence-electron chi connectivity index (χ0n) is 17.3. The number of hydrogen-bond donors (Lipinski definition) is 7. The minimum absolute atomic E-state index is 0.00648. The van der Waals surface area contributed by atoms with Crippen LogP contribution in [0.5, 0.6) is 0 Å². The lowest BCUT2D eigenvalue weighted by atomic mass is 10.0. The van der Waals surface area contributed by atoms with E-state index >= 15 is 0 Å². The molecule has 11 heteroatoms. The Hall–Kier alpha value is -1.85. The van der Waals surface area contributed by atoms with E-state index in [1.54, 1.807) is 0 Å². The first-order valence-corrected chi connectivity index (χ1v) is 10.4. The lowest BCUT2D eigenvalue weighted by Crippen LogP contribution is -2.57. The fourth-order valence-corrected chi connectivity index (χ4v) is 2.75. The van der Waals surface area contributed by atoms with Gasteiger partial charge in [-0.3, -0.25) is 14.4 Å². The van der Waals surface area contributed by atoms with Crippen molar-refractivity contribution in [3.8, 4) is 0 Å². The van der Waals surface area contributed by atoms with Crippen LogP contribution in [0.25, 0.3) is 0 Å². The van der Waals surface area contributed by atoms with Gasteiger partial charge in [0.25, 0.3) is 0 Å². The molecule has 4 unspecified atom stereocenters. The summed E-state index contributed by atoms with van der Waals surface area (Å²) in [6.45, 7) is 5.60. The second-order valence-corrected chi connectivity index (χ2v) is 7.77. The SMILES string of the molecule is CC(C)CC(NC(=O)C(CCCCN)NC(=O)C(CS)NC(=O)C(C)N)C(=O)O. The fraction of sp³-hybridized carbons (Fsp3) is 0.778. The highest BCUT2D eigenvalue weighted by atomic mass is 32.1. The number of carbonyl (C=O) groups excluding carboxylic acids is 3. The summed E-state index contributed by atoms with van der Waals surface area (Å²) >= 11 is 4.07. The Bertz CT molecular complexity index is 559. The Morgan fingerprint density at radius 2 is 1.41 bits per heavy atom. The molecule has 0 fully saturated rings. The van der Waals surface area contributed by atoms with Crippen LogP contribution in [0.3, 0.4) is 0 Å². The molecule has 3 amide bonds. The van der Waals surface area contributed by atoms with Crippen molar-refractivity contribution in [2.45, 2.75) is 70.6 Å². The normalized spacial score (nSPS) is 15.1. The van der Waals surface area contributed by atoms with Crippen LogP contribution in [0, 0.1) is 5.92 Å². The predicted octanol–water partition coefficient (Wildman–Crippen LogP) is -1.02. The van der Waals surface area contributed by atoms with Crippen molar-refractivity contribution in [1.82, 2.24) is 16.0 Å². The number of carbonyl (C=O) groups is 4. The third kappa shape index (κ3) is 11.1. The average molecular weight is 434 g/mol. The molecule has 0 rings (SSSR count). The fourth-order valence-electron chi connectivity index (χ4n) is 2.50. The van der Waals surface area contributed by atoms with Crippen molar-refractivity contribution in [2.75, 3.05) is 12.3 Å². The average Bonchev–Trinajstić information content (AvgIpc) is 2.63. The maximum absolute atomic E-state index is 12.7. The topological polar surface area (TPSA) is 177 Å². The molecular weight excluding hydrogens is 398 g/mol.